The summed E-state index contributed by atoms with van der Waals surface area (Å²) in [5.41, 5.74) is 6.37. The summed E-state index contributed by atoms with van der Waals surface area (Å²) in [4.78, 5) is 24.6. The van der Waals surface area contributed by atoms with E-state index in [-0.39, 0.29) is 11.5 Å². The molecule has 0 spiro atoms. The summed E-state index contributed by atoms with van der Waals surface area (Å²) in [6.07, 6.45) is 2.51. The molecule has 1 fully saturated rings. The van der Waals surface area contributed by atoms with Gasteiger partial charge >= 0.3 is 0 Å². The Labute approximate surface area is 160 Å². The lowest BCUT2D eigenvalue weighted by Gasteiger charge is -2.31. The smallest absolute Gasteiger partial charge is 0.250 e. The van der Waals surface area contributed by atoms with E-state index in [2.05, 4.69) is 5.32 Å². The Morgan fingerprint density at radius 2 is 1.92 bits per heavy atom. The minimum Gasteiger partial charge on any atom is -0.381 e. The maximum atomic E-state index is 12.5. The van der Waals surface area contributed by atoms with Crippen LogP contribution in [0.3, 0.4) is 0 Å². The topological polar surface area (TPSA) is 86.4 Å². The maximum Gasteiger partial charge on any atom is 0.250 e. The molecule has 26 heavy (non-hydrogen) atoms. The Morgan fingerprint density at radius 3 is 2.62 bits per heavy atom. The molecule has 1 aromatic carbocycles. The van der Waals surface area contributed by atoms with E-state index >= 15 is 0 Å². The Hall–Kier alpha value is -1.86. The number of anilines is 1. The Balaban J connectivity index is 1.78. The van der Waals surface area contributed by atoms with E-state index in [4.69, 9.17) is 33.7 Å². The van der Waals surface area contributed by atoms with E-state index < -0.39 is 5.54 Å². The third-order valence-electron chi connectivity index (χ3n) is 4.42. The first-order valence-corrected chi connectivity index (χ1v) is 8.95. The third kappa shape index (κ3) is 4.27. The van der Waals surface area contributed by atoms with Crippen LogP contribution in [0.4, 0.5) is 5.69 Å². The zero-order valence-electron chi connectivity index (χ0n) is 14.0. The number of halogens is 2. The van der Waals surface area contributed by atoms with Crippen LogP contribution >= 0.6 is 23.2 Å². The molecule has 0 unspecified atom stereocenters. The van der Waals surface area contributed by atoms with Crippen LogP contribution in [0.5, 0.6) is 0 Å². The second-order valence-corrected chi connectivity index (χ2v) is 7.17. The quantitative estimate of drug-likeness (QED) is 0.832. The van der Waals surface area contributed by atoms with Crippen molar-refractivity contribution >= 4 is 34.8 Å². The first-order valence-electron chi connectivity index (χ1n) is 8.20. The number of hydrogen-bond donors (Lipinski definition) is 2. The van der Waals surface area contributed by atoms with E-state index in [0.717, 1.165) is 5.56 Å². The van der Waals surface area contributed by atoms with Gasteiger partial charge in [0.05, 0.1) is 22.3 Å². The molecule has 0 atom stereocenters. The second-order valence-electron chi connectivity index (χ2n) is 6.36. The Bertz CT molecular complexity index is 876. The molecule has 0 aliphatic carbocycles. The summed E-state index contributed by atoms with van der Waals surface area (Å²) in [7, 11) is 0. The average Bonchev–Trinajstić information content (AvgIpc) is 2.61. The molecule has 0 saturated carbocycles. The van der Waals surface area contributed by atoms with Crippen LogP contribution in [0.15, 0.2) is 41.3 Å². The summed E-state index contributed by atoms with van der Waals surface area (Å²) in [5, 5.41) is 3.67. The molecule has 1 saturated heterocycles. The van der Waals surface area contributed by atoms with Crippen molar-refractivity contribution in [2.75, 3.05) is 18.5 Å². The van der Waals surface area contributed by atoms with Gasteiger partial charge in [0.25, 0.3) is 5.56 Å². The van der Waals surface area contributed by atoms with Crippen LogP contribution in [0, 0.1) is 0 Å². The van der Waals surface area contributed by atoms with Gasteiger partial charge in [0.2, 0.25) is 5.91 Å². The number of carbonyl (C=O) groups excluding carboxylic acids is 1. The molecule has 3 rings (SSSR count). The fourth-order valence-corrected chi connectivity index (χ4v) is 3.10. The molecule has 1 aliphatic heterocycles. The molecular weight excluding hydrogens is 377 g/mol. The highest BCUT2D eigenvalue weighted by Gasteiger charge is 2.35. The van der Waals surface area contributed by atoms with E-state index in [1.165, 1.54) is 10.6 Å². The van der Waals surface area contributed by atoms with Gasteiger partial charge in [0.15, 0.2) is 0 Å². The number of ether oxygens (including phenoxy) is 1. The summed E-state index contributed by atoms with van der Waals surface area (Å²) < 4.78 is 6.75. The molecule has 1 aliphatic rings. The number of amides is 1. The number of nitrogens with two attached hydrogens (primary N) is 1. The van der Waals surface area contributed by atoms with Crippen LogP contribution in [0.2, 0.25) is 10.0 Å². The molecule has 2 aromatic rings. The molecule has 0 bridgehead atoms. The van der Waals surface area contributed by atoms with E-state index in [0.29, 0.717) is 48.3 Å². The van der Waals surface area contributed by atoms with Gasteiger partial charge in [0.1, 0.15) is 5.54 Å². The van der Waals surface area contributed by atoms with Gasteiger partial charge in [-0.05, 0) is 36.6 Å². The summed E-state index contributed by atoms with van der Waals surface area (Å²) in [5.74, 6) is -0.277. The Morgan fingerprint density at radius 1 is 1.19 bits per heavy atom. The number of nitrogens with zero attached hydrogens (tertiary/aromatic N) is 1. The molecule has 0 radical (unpaired) electrons. The number of pyridine rings is 1. The van der Waals surface area contributed by atoms with Crippen molar-refractivity contribution < 1.29 is 9.53 Å². The fraction of sp³-hybridized carbons (Fsp3) is 0.333. The van der Waals surface area contributed by atoms with Crippen molar-refractivity contribution in [3.63, 3.8) is 0 Å². The number of aromatic nitrogens is 1. The SMILES string of the molecule is NC1(C(=O)Nc2ccc(=O)n(Cc3ccc(Cl)c(Cl)c3)c2)CCOCC1. The predicted molar refractivity (Wildman–Crippen MR) is 102 cm³/mol. The zero-order chi connectivity index (χ0) is 18.7. The van der Waals surface area contributed by atoms with E-state index in [1.807, 2.05) is 0 Å². The largest absolute Gasteiger partial charge is 0.381 e. The highest BCUT2D eigenvalue weighted by molar-refractivity contribution is 6.42. The molecule has 8 heteroatoms. The van der Waals surface area contributed by atoms with Crippen molar-refractivity contribution in [1.29, 1.82) is 0 Å². The normalized spacial score (nSPS) is 16.3. The fourth-order valence-electron chi connectivity index (χ4n) is 2.78. The molecule has 1 aromatic heterocycles. The monoisotopic (exact) mass is 395 g/mol. The second kappa shape index (κ2) is 7.80. The summed E-state index contributed by atoms with van der Waals surface area (Å²) in [6.45, 7) is 1.22. The van der Waals surface area contributed by atoms with Gasteiger partial charge in [-0.2, -0.15) is 0 Å². The van der Waals surface area contributed by atoms with Gasteiger partial charge < -0.3 is 20.4 Å². The molecule has 138 valence electrons. The molecule has 6 nitrogen and oxygen atoms in total. The van der Waals surface area contributed by atoms with Gasteiger partial charge in [0, 0.05) is 25.5 Å². The van der Waals surface area contributed by atoms with Gasteiger partial charge in [-0.25, -0.2) is 0 Å². The summed E-state index contributed by atoms with van der Waals surface area (Å²) in [6, 6.07) is 8.15. The lowest BCUT2D eigenvalue weighted by Crippen LogP contribution is -2.54. The number of nitrogens with one attached hydrogen (secondary N) is 1. The minimum absolute atomic E-state index is 0.192. The maximum absolute atomic E-state index is 12.5. The molecule has 3 N–H and O–H groups in total. The first-order chi connectivity index (χ1) is 12.4. The standard InChI is InChI=1S/C18H19Cl2N3O3/c19-14-3-1-12(9-15(14)20)10-23-11-13(2-4-16(23)24)22-17(25)18(21)5-7-26-8-6-18/h1-4,9,11H,5-8,10,21H2,(H,22,25). The number of rotatable bonds is 4. The molecule has 2 heterocycles. The van der Waals surface area contributed by atoms with Crippen LogP contribution < -0.4 is 16.6 Å². The van der Waals surface area contributed by atoms with Crippen LogP contribution in [-0.2, 0) is 16.1 Å². The minimum atomic E-state index is -0.955. The van der Waals surface area contributed by atoms with Crippen LogP contribution in [0.25, 0.3) is 0 Å². The van der Waals surface area contributed by atoms with E-state index in [1.54, 1.807) is 30.5 Å². The predicted octanol–water partition coefficient (Wildman–Crippen LogP) is 2.65. The van der Waals surface area contributed by atoms with Crippen molar-refractivity contribution in [3.8, 4) is 0 Å². The third-order valence-corrected chi connectivity index (χ3v) is 5.15. The average molecular weight is 396 g/mol. The molecule has 1 amide bonds. The highest BCUT2D eigenvalue weighted by Crippen LogP contribution is 2.23. The van der Waals surface area contributed by atoms with Crippen molar-refractivity contribution in [1.82, 2.24) is 4.57 Å². The number of benzene rings is 1. The van der Waals surface area contributed by atoms with E-state index in [9.17, 15) is 9.59 Å². The van der Waals surface area contributed by atoms with Gasteiger partial charge in [-0.15, -0.1) is 0 Å². The molecular formula is C18H19Cl2N3O3. The lowest BCUT2D eigenvalue weighted by molar-refractivity contribution is -0.124. The number of hydrogen-bond acceptors (Lipinski definition) is 4. The van der Waals surface area contributed by atoms with Crippen LogP contribution in [-0.4, -0.2) is 29.2 Å². The first kappa shape index (κ1) is 18.9. The number of carbonyl (C=O) groups is 1. The van der Waals surface area contributed by atoms with Crippen molar-refractivity contribution in [3.05, 3.63) is 62.5 Å². The summed E-state index contributed by atoms with van der Waals surface area (Å²) >= 11 is 11.9. The highest BCUT2D eigenvalue weighted by atomic mass is 35.5. The zero-order valence-corrected chi connectivity index (χ0v) is 15.5. The van der Waals surface area contributed by atoms with Crippen LogP contribution in [0.1, 0.15) is 18.4 Å². The van der Waals surface area contributed by atoms with Gasteiger partial charge in [-0.1, -0.05) is 29.3 Å². The van der Waals surface area contributed by atoms with Crippen molar-refractivity contribution in [2.24, 2.45) is 5.73 Å². The Kier molecular flexibility index (Phi) is 5.67. The van der Waals surface area contributed by atoms with Crippen molar-refractivity contribution in [2.45, 2.75) is 24.9 Å². The van der Waals surface area contributed by atoms with Gasteiger partial charge in [-0.3, -0.25) is 9.59 Å². The lowest BCUT2D eigenvalue weighted by atomic mass is 9.90.